The van der Waals surface area contributed by atoms with Crippen LogP contribution in [0.3, 0.4) is 0 Å². The second kappa shape index (κ2) is 7.23. The van der Waals surface area contributed by atoms with Gasteiger partial charge < -0.3 is 4.98 Å². The van der Waals surface area contributed by atoms with Crippen LogP contribution in [0.2, 0.25) is 0 Å². The number of thiazole rings is 1. The van der Waals surface area contributed by atoms with Crippen molar-refractivity contribution in [3.05, 3.63) is 77.6 Å². The third-order valence-corrected chi connectivity index (χ3v) is 8.54. The van der Waals surface area contributed by atoms with Crippen molar-refractivity contribution >= 4 is 72.5 Å². The molecule has 3 atom stereocenters. The monoisotopic (exact) mass is 550 g/mol. The van der Waals surface area contributed by atoms with Crippen LogP contribution in [0, 0.1) is 5.92 Å². The van der Waals surface area contributed by atoms with Gasteiger partial charge in [0.15, 0.2) is 0 Å². The largest absolute Gasteiger partial charge is 0.307 e. The molecule has 3 heterocycles. The maximum atomic E-state index is 13.5. The molecule has 29 heavy (non-hydrogen) atoms. The lowest BCUT2D eigenvalue weighted by Gasteiger charge is -2.29. The first-order valence-electron chi connectivity index (χ1n) is 8.72. The number of carbonyl (C=O) groups excluding carboxylic acids is 2. The van der Waals surface area contributed by atoms with Crippen LogP contribution >= 0.6 is 55.0 Å². The number of fused-ring (bicyclic) bond motifs is 2. The third-order valence-electron chi connectivity index (χ3n) is 5.12. The Morgan fingerprint density at radius 2 is 1.69 bits per heavy atom. The van der Waals surface area contributed by atoms with Gasteiger partial charge in [-0.1, -0.05) is 67.1 Å². The van der Waals surface area contributed by atoms with Gasteiger partial charge >= 0.3 is 4.87 Å². The summed E-state index contributed by atoms with van der Waals surface area (Å²) in [5, 5.41) is 0.109. The molecule has 1 aromatic heterocycles. The second-order valence-electron chi connectivity index (χ2n) is 6.79. The number of anilines is 1. The molecule has 2 amide bonds. The maximum Gasteiger partial charge on any atom is 0.305 e. The summed E-state index contributed by atoms with van der Waals surface area (Å²) in [7, 11) is 0. The Morgan fingerprint density at radius 1 is 0.931 bits per heavy atom. The number of halogens is 2. The molecular formula is C20H12Br2N2O3S2. The third kappa shape index (κ3) is 3.15. The van der Waals surface area contributed by atoms with Crippen molar-refractivity contribution in [1.29, 1.82) is 0 Å². The van der Waals surface area contributed by atoms with Gasteiger partial charge in [0.05, 0.1) is 16.6 Å². The Balaban J connectivity index is 1.66. The van der Waals surface area contributed by atoms with Crippen molar-refractivity contribution < 1.29 is 9.59 Å². The number of aromatic nitrogens is 1. The molecule has 146 valence electrons. The first-order valence-corrected chi connectivity index (χ1v) is 12.0. The summed E-state index contributed by atoms with van der Waals surface area (Å²) in [5.74, 6) is -1.39. The fourth-order valence-electron chi connectivity index (χ4n) is 3.92. The van der Waals surface area contributed by atoms with Crippen LogP contribution in [-0.4, -0.2) is 22.0 Å². The molecule has 5 nitrogen and oxygen atoms in total. The van der Waals surface area contributed by atoms with Crippen LogP contribution in [-0.2, 0) is 9.59 Å². The van der Waals surface area contributed by atoms with Crippen LogP contribution in [0.5, 0.6) is 0 Å². The highest BCUT2D eigenvalue weighted by atomic mass is 79.9. The molecule has 0 bridgehead atoms. The second-order valence-corrected chi connectivity index (χ2v) is 10.8. The number of amides is 2. The normalized spacial score (nSPS) is 23.2. The molecule has 0 saturated carbocycles. The number of rotatable bonds is 2. The fraction of sp³-hybridized carbons (Fsp3) is 0.150. The quantitative estimate of drug-likeness (QED) is 0.466. The van der Waals surface area contributed by atoms with E-state index in [-0.39, 0.29) is 22.6 Å². The molecule has 2 aliphatic heterocycles. The molecular weight excluding hydrogens is 540 g/mol. The molecule has 9 heteroatoms. The highest BCUT2D eigenvalue weighted by Crippen LogP contribution is 2.53. The Morgan fingerprint density at radius 3 is 2.41 bits per heavy atom. The summed E-state index contributed by atoms with van der Waals surface area (Å²) in [6.07, 6.45) is 0. The standard InChI is InChI=1S/C20H12Br2N2O3S2/c21-10-4-6-12(7-5-10)24-18(25)14-13(9-2-1-3-11(22)8-9)15-17(23-20(27)29-15)28-16(14)19(24)26/h1-8,13-14,16H,(H,23,27). The van der Waals surface area contributed by atoms with Gasteiger partial charge in [0.2, 0.25) is 11.8 Å². The van der Waals surface area contributed by atoms with Crippen molar-refractivity contribution in [3.8, 4) is 0 Å². The lowest BCUT2D eigenvalue weighted by Crippen LogP contribution is -2.32. The molecule has 0 radical (unpaired) electrons. The number of thioether (sulfide) groups is 1. The molecule has 1 fully saturated rings. The summed E-state index contributed by atoms with van der Waals surface area (Å²) in [6.45, 7) is 0. The molecule has 1 saturated heterocycles. The summed E-state index contributed by atoms with van der Waals surface area (Å²) >= 11 is 9.28. The van der Waals surface area contributed by atoms with Crippen molar-refractivity contribution in [2.45, 2.75) is 16.2 Å². The maximum absolute atomic E-state index is 13.5. The highest BCUT2D eigenvalue weighted by Gasteiger charge is 2.56. The van der Waals surface area contributed by atoms with E-state index < -0.39 is 11.2 Å². The minimum absolute atomic E-state index is 0.174. The number of imide groups is 1. The number of hydrogen-bond donors (Lipinski definition) is 1. The molecule has 2 aliphatic rings. The number of H-pyrrole nitrogens is 1. The van der Waals surface area contributed by atoms with E-state index in [4.69, 9.17) is 0 Å². The average Bonchev–Trinajstić information content (AvgIpc) is 3.18. The zero-order valence-electron chi connectivity index (χ0n) is 14.6. The zero-order chi connectivity index (χ0) is 20.3. The van der Waals surface area contributed by atoms with Gasteiger partial charge in [0, 0.05) is 19.7 Å². The van der Waals surface area contributed by atoms with Crippen LogP contribution in [0.4, 0.5) is 5.69 Å². The number of benzene rings is 2. The lowest BCUT2D eigenvalue weighted by atomic mass is 9.83. The van der Waals surface area contributed by atoms with Gasteiger partial charge in [0.25, 0.3) is 0 Å². The Bertz CT molecular complexity index is 1200. The van der Waals surface area contributed by atoms with E-state index >= 15 is 0 Å². The van der Waals surface area contributed by atoms with Gasteiger partial charge in [-0.2, -0.15) is 0 Å². The van der Waals surface area contributed by atoms with Crippen molar-refractivity contribution in [2.75, 3.05) is 4.90 Å². The molecule has 0 aliphatic carbocycles. The Kier molecular flexibility index (Phi) is 4.81. The first kappa shape index (κ1) is 19.3. The summed E-state index contributed by atoms with van der Waals surface area (Å²) < 4.78 is 1.76. The molecule has 0 spiro atoms. The van der Waals surface area contributed by atoms with E-state index in [0.717, 1.165) is 30.7 Å². The number of hydrogen-bond acceptors (Lipinski definition) is 5. The summed E-state index contributed by atoms with van der Waals surface area (Å²) in [6, 6.07) is 14.8. The number of aromatic amines is 1. The summed E-state index contributed by atoms with van der Waals surface area (Å²) in [4.78, 5) is 43.6. The van der Waals surface area contributed by atoms with Gasteiger partial charge in [-0.25, -0.2) is 4.90 Å². The molecule has 3 unspecified atom stereocenters. The van der Waals surface area contributed by atoms with E-state index in [9.17, 15) is 14.4 Å². The van der Waals surface area contributed by atoms with E-state index in [1.54, 1.807) is 12.1 Å². The molecule has 2 aromatic carbocycles. The first-order chi connectivity index (χ1) is 13.9. The Labute approximate surface area is 190 Å². The van der Waals surface area contributed by atoms with Crippen molar-refractivity contribution in [3.63, 3.8) is 0 Å². The molecule has 3 aromatic rings. The predicted molar refractivity (Wildman–Crippen MR) is 121 cm³/mol. The van der Waals surface area contributed by atoms with Crippen LogP contribution in [0.25, 0.3) is 0 Å². The van der Waals surface area contributed by atoms with Crippen LogP contribution in [0.1, 0.15) is 16.4 Å². The molecule has 5 rings (SSSR count). The SMILES string of the molecule is O=C1C2Sc3[nH]c(=O)sc3C(c3cccc(Br)c3)C2C(=O)N1c1ccc(Br)cc1. The van der Waals surface area contributed by atoms with Crippen LogP contribution in [0.15, 0.2) is 67.3 Å². The number of carbonyl (C=O) groups is 2. The fourth-order valence-corrected chi connectivity index (χ4v) is 7.12. The number of nitrogens with one attached hydrogen (secondary N) is 1. The minimum atomic E-state index is -0.576. The smallest absolute Gasteiger partial charge is 0.305 e. The van der Waals surface area contributed by atoms with E-state index in [1.165, 1.54) is 16.7 Å². The summed E-state index contributed by atoms with van der Waals surface area (Å²) in [5.41, 5.74) is 1.47. The Hall–Kier alpha value is -1.68. The van der Waals surface area contributed by atoms with Gasteiger partial charge in [-0.15, -0.1) is 0 Å². The van der Waals surface area contributed by atoms with E-state index in [1.807, 2.05) is 36.4 Å². The van der Waals surface area contributed by atoms with Gasteiger partial charge in [0.1, 0.15) is 5.25 Å². The van der Waals surface area contributed by atoms with E-state index in [2.05, 4.69) is 36.8 Å². The minimum Gasteiger partial charge on any atom is -0.307 e. The zero-order valence-corrected chi connectivity index (χ0v) is 19.4. The lowest BCUT2D eigenvalue weighted by molar-refractivity contribution is -0.122. The topological polar surface area (TPSA) is 70.2 Å². The van der Waals surface area contributed by atoms with Crippen molar-refractivity contribution in [2.24, 2.45) is 5.92 Å². The van der Waals surface area contributed by atoms with Crippen molar-refractivity contribution in [1.82, 2.24) is 4.98 Å². The van der Waals surface area contributed by atoms with Crippen LogP contribution < -0.4 is 9.77 Å². The highest BCUT2D eigenvalue weighted by molar-refractivity contribution is 9.10. The van der Waals surface area contributed by atoms with Gasteiger partial charge in [-0.05, 0) is 42.0 Å². The van der Waals surface area contributed by atoms with E-state index in [0.29, 0.717) is 10.7 Å². The molecule has 1 N–H and O–H groups in total. The van der Waals surface area contributed by atoms with Gasteiger partial charge in [-0.3, -0.25) is 14.4 Å². The average molecular weight is 552 g/mol. The number of nitrogens with zero attached hydrogens (tertiary/aromatic N) is 1. The predicted octanol–water partition coefficient (Wildman–Crippen LogP) is 4.76.